The molecule has 0 aromatic heterocycles. The molecule has 1 aromatic rings. The third-order valence-electron chi connectivity index (χ3n) is 4.74. The van der Waals surface area contributed by atoms with Crippen LogP contribution in [0, 0.1) is 5.82 Å². The van der Waals surface area contributed by atoms with Crippen LogP contribution in [0.15, 0.2) is 18.2 Å². The summed E-state index contributed by atoms with van der Waals surface area (Å²) in [5.41, 5.74) is 1.02. The van der Waals surface area contributed by atoms with Crippen molar-refractivity contribution in [1.82, 2.24) is 9.80 Å². The van der Waals surface area contributed by atoms with Gasteiger partial charge in [-0.15, -0.1) is 0 Å². The third kappa shape index (κ3) is 3.77. The van der Waals surface area contributed by atoms with Crippen LogP contribution in [0.25, 0.3) is 0 Å². The average Bonchev–Trinajstić information content (AvgIpc) is 2.57. The highest BCUT2D eigenvalue weighted by Crippen LogP contribution is 2.22. The SMILES string of the molecule is COc1ccc(CN2CCC(N3CCOCC3)CC2)cc1F. The standard InChI is InChI=1S/C17H25FN2O2/c1-21-17-3-2-14(12-16(17)18)13-19-6-4-15(5-7-19)20-8-10-22-11-9-20/h2-3,12,15H,4-11,13H2,1H3. The van der Waals surface area contributed by atoms with Gasteiger partial charge in [0.25, 0.3) is 0 Å². The van der Waals surface area contributed by atoms with Gasteiger partial charge in [-0.2, -0.15) is 0 Å². The highest BCUT2D eigenvalue weighted by molar-refractivity contribution is 5.29. The highest BCUT2D eigenvalue weighted by atomic mass is 19.1. The van der Waals surface area contributed by atoms with Crippen molar-refractivity contribution in [3.8, 4) is 5.75 Å². The molecule has 2 aliphatic rings. The zero-order chi connectivity index (χ0) is 15.4. The van der Waals surface area contributed by atoms with Crippen LogP contribution in [-0.4, -0.2) is 62.3 Å². The number of methoxy groups -OCH3 is 1. The Morgan fingerprint density at radius 2 is 1.91 bits per heavy atom. The summed E-state index contributed by atoms with van der Waals surface area (Å²) in [7, 11) is 1.49. The van der Waals surface area contributed by atoms with Crippen molar-refractivity contribution in [3.05, 3.63) is 29.6 Å². The predicted molar refractivity (Wildman–Crippen MR) is 83.6 cm³/mol. The number of halogens is 1. The van der Waals surface area contributed by atoms with Crippen molar-refractivity contribution in [2.75, 3.05) is 46.5 Å². The molecule has 1 aromatic carbocycles. The van der Waals surface area contributed by atoms with Gasteiger partial charge < -0.3 is 9.47 Å². The van der Waals surface area contributed by atoms with Gasteiger partial charge in [-0.3, -0.25) is 9.80 Å². The van der Waals surface area contributed by atoms with Gasteiger partial charge in [-0.05, 0) is 43.6 Å². The molecule has 2 heterocycles. The number of piperidine rings is 1. The summed E-state index contributed by atoms with van der Waals surface area (Å²) in [5, 5.41) is 0. The van der Waals surface area contributed by atoms with Crippen molar-refractivity contribution in [2.24, 2.45) is 0 Å². The van der Waals surface area contributed by atoms with Crippen molar-refractivity contribution in [3.63, 3.8) is 0 Å². The molecular weight excluding hydrogens is 283 g/mol. The van der Waals surface area contributed by atoms with E-state index in [1.807, 2.05) is 6.07 Å². The third-order valence-corrected chi connectivity index (χ3v) is 4.74. The summed E-state index contributed by atoms with van der Waals surface area (Å²) in [6.45, 7) is 6.83. The van der Waals surface area contributed by atoms with Crippen LogP contribution in [0.5, 0.6) is 5.75 Å². The first-order valence-corrected chi connectivity index (χ1v) is 8.13. The highest BCUT2D eigenvalue weighted by Gasteiger charge is 2.25. The minimum absolute atomic E-state index is 0.275. The van der Waals surface area contributed by atoms with Gasteiger partial charge in [0.05, 0.1) is 20.3 Å². The van der Waals surface area contributed by atoms with E-state index >= 15 is 0 Å². The van der Waals surface area contributed by atoms with E-state index in [2.05, 4.69) is 9.80 Å². The summed E-state index contributed by atoms with van der Waals surface area (Å²) >= 11 is 0. The first-order chi connectivity index (χ1) is 10.8. The zero-order valence-corrected chi connectivity index (χ0v) is 13.3. The molecule has 2 fully saturated rings. The monoisotopic (exact) mass is 308 g/mol. The van der Waals surface area contributed by atoms with E-state index in [1.165, 1.54) is 20.0 Å². The second-order valence-corrected chi connectivity index (χ2v) is 6.12. The van der Waals surface area contributed by atoms with Crippen molar-refractivity contribution in [1.29, 1.82) is 0 Å². The lowest BCUT2D eigenvalue weighted by molar-refractivity contribution is 0.000224. The fraction of sp³-hybridized carbons (Fsp3) is 0.647. The van der Waals surface area contributed by atoms with Gasteiger partial charge in [0.1, 0.15) is 0 Å². The Hall–Kier alpha value is -1.17. The Kier molecular flexibility index (Phi) is 5.28. The molecule has 0 unspecified atom stereocenters. The zero-order valence-electron chi connectivity index (χ0n) is 13.3. The maximum absolute atomic E-state index is 13.7. The molecule has 2 aliphatic heterocycles. The van der Waals surface area contributed by atoms with Gasteiger partial charge in [-0.1, -0.05) is 6.07 Å². The summed E-state index contributed by atoms with van der Waals surface area (Å²) < 4.78 is 24.1. The molecule has 5 heteroatoms. The van der Waals surface area contributed by atoms with Crippen LogP contribution >= 0.6 is 0 Å². The Balaban J connectivity index is 1.50. The molecule has 0 N–H and O–H groups in total. The van der Waals surface area contributed by atoms with Gasteiger partial charge >= 0.3 is 0 Å². The Bertz CT molecular complexity index is 484. The van der Waals surface area contributed by atoms with E-state index in [9.17, 15) is 4.39 Å². The summed E-state index contributed by atoms with van der Waals surface area (Å²) in [5.74, 6) is 0.0398. The van der Waals surface area contributed by atoms with Crippen LogP contribution in [0.2, 0.25) is 0 Å². The van der Waals surface area contributed by atoms with E-state index < -0.39 is 0 Å². The van der Waals surface area contributed by atoms with E-state index in [4.69, 9.17) is 9.47 Å². The molecular formula is C17H25FN2O2. The van der Waals surface area contributed by atoms with Gasteiger partial charge in [-0.25, -0.2) is 4.39 Å². The maximum atomic E-state index is 13.7. The van der Waals surface area contributed by atoms with E-state index in [0.29, 0.717) is 11.8 Å². The molecule has 0 bridgehead atoms. The number of ether oxygens (including phenoxy) is 2. The first-order valence-electron chi connectivity index (χ1n) is 8.13. The largest absolute Gasteiger partial charge is 0.494 e. The average molecular weight is 308 g/mol. The smallest absolute Gasteiger partial charge is 0.165 e. The molecule has 0 atom stereocenters. The predicted octanol–water partition coefficient (Wildman–Crippen LogP) is 2.13. The molecule has 3 rings (SSSR count). The summed E-state index contributed by atoms with van der Waals surface area (Å²) in [6.07, 6.45) is 2.39. The summed E-state index contributed by atoms with van der Waals surface area (Å²) in [6, 6.07) is 5.95. The number of benzene rings is 1. The van der Waals surface area contributed by atoms with Crippen LogP contribution in [-0.2, 0) is 11.3 Å². The summed E-state index contributed by atoms with van der Waals surface area (Å²) in [4.78, 5) is 4.98. The number of morpholine rings is 1. The lowest BCUT2D eigenvalue weighted by Gasteiger charge is -2.40. The van der Waals surface area contributed by atoms with Crippen LogP contribution < -0.4 is 4.74 Å². The van der Waals surface area contributed by atoms with Gasteiger partial charge in [0.15, 0.2) is 11.6 Å². The Labute approximate surface area is 131 Å². The van der Waals surface area contributed by atoms with Crippen molar-refractivity contribution < 1.29 is 13.9 Å². The number of hydrogen-bond donors (Lipinski definition) is 0. The number of nitrogens with zero attached hydrogens (tertiary/aromatic N) is 2. The van der Waals surface area contributed by atoms with Crippen LogP contribution in [0.3, 0.4) is 0 Å². The first kappa shape index (κ1) is 15.7. The second-order valence-electron chi connectivity index (χ2n) is 6.12. The molecule has 0 amide bonds. The van der Waals surface area contributed by atoms with Crippen molar-refractivity contribution >= 4 is 0 Å². The van der Waals surface area contributed by atoms with Gasteiger partial charge in [0.2, 0.25) is 0 Å². The maximum Gasteiger partial charge on any atom is 0.165 e. The fourth-order valence-corrected chi connectivity index (χ4v) is 3.45. The van der Waals surface area contributed by atoms with Gasteiger partial charge in [0, 0.05) is 25.7 Å². The normalized spacial score (nSPS) is 21.9. The molecule has 4 nitrogen and oxygen atoms in total. The molecule has 0 aliphatic carbocycles. The number of likely N-dealkylation sites (tertiary alicyclic amines) is 1. The molecule has 0 radical (unpaired) electrons. The molecule has 0 saturated carbocycles. The fourth-order valence-electron chi connectivity index (χ4n) is 3.45. The number of rotatable bonds is 4. The molecule has 122 valence electrons. The van der Waals surface area contributed by atoms with Crippen molar-refractivity contribution in [2.45, 2.75) is 25.4 Å². The second kappa shape index (κ2) is 7.40. The molecule has 22 heavy (non-hydrogen) atoms. The lowest BCUT2D eigenvalue weighted by Crippen LogP contribution is -2.48. The van der Waals surface area contributed by atoms with Crippen LogP contribution in [0.1, 0.15) is 18.4 Å². The van der Waals surface area contributed by atoms with E-state index in [-0.39, 0.29) is 5.82 Å². The minimum Gasteiger partial charge on any atom is -0.494 e. The molecule has 0 spiro atoms. The van der Waals surface area contributed by atoms with E-state index in [0.717, 1.165) is 51.5 Å². The Morgan fingerprint density at radius 3 is 2.55 bits per heavy atom. The minimum atomic E-state index is -0.275. The van der Waals surface area contributed by atoms with Crippen LogP contribution in [0.4, 0.5) is 4.39 Å². The Morgan fingerprint density at radius 1 is 1.18 bits per heavy atom. The topological polar surface area (TPSA) is 24.9 Å². The van der Waals surface area contributed by atoms with E-state index in [1.54, 1.807) is 12.1 Å². The lowest BCUT2D eigenvalue weighted by atomic mass is 10.0. The molecule has 2 saturated heterocycles. The number of hydrogen-bond acceptors (Lipinski definition) is 4. The quantitative estimate of drug-likeness (QED) is 0.851.